The van der Waals surface area contributed by atoms with Gasteiger partial charge < -0.3 is 20.4 Å². The summed E-state index contributed by atoms with van der Waals surface area (Å²) in [6, 6.07) is 18.7. The van der Waals surface area contributed by atoms with Gasteiger partial charge in [-0.15, -0.1) is 10.2 Å². The van der Waals surface area contributed by atoms with Crippen LogP contribution in [-0.4, -0.2) is 70.4 Å². The Hall–Kier alpha value is -5.00. The molecule has 1 aliphatic rings. The zero-order valence-corrected chi connectivity index (χ0v) is 24.9. The third-order valence-corrected chi connectivity index (χ3v) is 7.36. The van der Waals surface area contributed by atoms with Gasteiger partial charge in [0.25, 0.3) is 0 Å². The molecule has 0 saturated heterocycles. The highest BCUT2D eigenvalue weighted by Crippen LogP contribution is 2.42. The van der Waals surface area contributed by atoms with Crippen LogP contribution >= 0.6 is 0 Å². The summed E-state index contributed by atoms with van der Waals surface area (Å²) in [6.45, 7) is 0. The van der Waals surface area contributed by atoms with Crippen molar-refractivity contribution in [3.8, 4) is 0 Å². The second-order valence-electron chi connectivity index (χ2n) is 11.1. The monoisotopic (exact) mass is 580 g/mol. The number of rotatable bonds is 10. The maximum absolute atomic E-state index is 12.5. The smallest absolute Gasteiger partial charge is 0.231 e. The van der Waals surface area contributed by atoms with E-state index in [0.29, 0.717) is 23.0 Å². The van der Waals surface area contributed by atoms with Gasteiger partial charge >= 0.3 is 0 Å². The molecule has 2 amide bonds. The van der Waals surface area contributed by atoms with Crippen LogP contribution in [0.15, 0.2) is 60.7 Å². The Balaban J connectivity index is 1.11. The van der Waals surface area contributed by atoms with Crippen molar-refractivity contribution in [2.45, 2.75) is 43.9 Å². The molecular formula is C31H36N10O2. The zero-order chi connectivity index (χ0) is 30.3. The summed E-state index contributed by atoms with van der Waals surface area (Å²) in [7, 11) is 7.64. The lowest BCUT2D eigenvalue weighted by Crippen LogP contribution is -2.18. The molecule has 222 valence electrons. The molecule has 1 fully saturated rings. The van der Waals surface area contributed by atoms with Crippen molar-refractivity contribution in [1.82, 2.24) is 30.4 Å². The van der Waals surface area contributed by atoms with Gasteiger partial charge in [0.05, 0.1) is 35.6 Å². The van der Waals surface area contributed by atoms with Crippen LogP contribution < -0.4 is 20.4 Å². The summed E-state index contributed by atoms with van der Waals surface area (Å²) in [5.41, 5.74) is 3.16. The number of anilines is 4. The fraction of sp³-hybridized carbons (Fsp3) is 0.355. The number of nitrogens with zero attached hydrogens (tertiary/aromatic N) is 8. The van der Waals surface area contributed by atoms with Crippen molar-refractivity contribution >= 4 is 35.1 Å². The van der Waals surface area contributed by atoms with E-state index in [4.69, 9.17) is 0 Å². The second-order valence-corrected chi connectivity index (χ2v) is 11.1. The quantitative estimate of drug-likeness (QED) is 0.286. The van der Waals surface area contributed by atoms with Crippen molar-refractivity contribution in [2.75, 3.05) is 48.6 Å². The molecular weight excluding hydrogens is 544 g/mol. The fourth-order valence-corrected chi connectivity index (χ4v) is 5.10. The SMILES string of the molecule is CN(C)c1cccc(CC(=O)Nc2ccc([C@H]3CC[C@H](c4ccc(NC(=O)Cc5cccc(N(C)C)n5)nn4)C3)nn2)n1. The van der Waals surface area contributed by atoms with Gasteiger partial charge in [0.15, 0.2) is 11.6 Å². The van der Waals surface area contributed by atoms with Crippen LogP contribution in [0.25, 0.3) is 0 Å². The Morgan fingerprint density at radius 3 is 1.47 bits per heavy atom. The first kappa shape index (κ1) is 29.5. The summed E-state index contributed by atoms with van der Waals surface area (Å²) in [5.74, 6) is 2.52. The van der Waals surface area contributed by atoms with Crippen LogP contribution in [0.3, 0.4) is 0 Å². The zero-order valence-electron chi connectivity index (χ0n) is 24.9. The Labute approximate surface area is 251 Å². The number of pyridine rings is 2. The third-order valence-electron chi connectivity index (χ3n) is 7.36. The van der Waals surface area contributed by atoms with Crippen LogP contribution in [-0.2, 0) is 22.4 Å². The van der Waals surface area contributed by atoms with Gasteiger partial charge in [-0.2, -0.15) is 10.2 Å². The Morgan fingerprint density at radius 2 is 1.09 bits per heavy atom. The van der Waals surface area contributed by atoms with Crippen LogP contribution in [0, 0.1) is 0 Å². The molecule has 0 aromatic carbocycles. The molecule has 0 aliphatic heterocycles. The van der Waals surface area contributed by atoms with Gasteiger partial charge in [-0.1, -0.05) is 12.1 Å². The van der Waals surface area contributed by atoms with E-state index < -0.39 is 0 Å². The third kappa shape index (κ3) is 7.85. The Morgan fingerprint density at radius 1 is 0.651 bits per heavy atom. The lowest BCUT2D eigenvalue weighted by molar-refractivity contribution is -0.116. The molecule has 4 heterocycles. The van der Waals surface area contributed by atoms with Crippen molar-refractivity contribution in [2.24, 2.45) is 0 Å². The van der Waals surface area contributed by atoms with Gasteiger partial charge in [-0.05, 0) is 67.8 Å². The van der Waals surface area contributed by atoms with Crippen LogP contribution in [0.5, 0.6) is 0 Å². The summed E-state index contributed by atoms with van der Waals surface area (Å²) in [6.07, 6.45) is 3.10. The average Bonchev–Trinajstić information content (AvgIpc) is 3.48. The standard InChI is InChI=1S/C31H36N10O2/c1-40(2)28-9-5-7-22(32-28)18-30(42)34-26-15-13-24(36-38-26)20-11-12-21(17-20)25-14-16-27(39-37-25)35-31(43)19-23-8-6-10-29(33-23)41(3)4/h5-10,13-16,20-21H,11-12,17-19H2,1-4H3,(H,34,38,42)(H,35,39,43)/t20-,21-/m0/s1. The molecule has 43 heavy (non-hydrogen) atoms. The first-order valence-electron chi connectivity index (χ1n) is 14.3. The van der Waals surface area contributed by atoms with Crippen molar-refractivity contribution < 1.29 is 9.59 Å². The van der Waals surface area contributed by atoms with E-state index in [2.05, 4.69) is 41.0 Å². The highest BCUT2D eigenvalue weighted by atomic mass is 16.2. The summed E-state index contributed by atoms with van der Waals surface area (Å²) in [5, 5.41) is 22.9. The molecule has 2 atom stereocenters. The van der Waals surface area contributed by atoms with E-state index in [1.54, 1.807) is 12.1 Å². The highest BCUT2D eigenvalue weighted by Gasteiger charge is 2.29. The molecule has 0 spiro atoms. The van der Waals surface area contributed by atoms with Crippen molar-refractivity contribution in [1.29, 1.82) is 0 Å². The minimum absolute atomic E-state index is 0.154. The molecule has 2 N–H and O–H groups in total. The lowest BCUT2D eigenvalue weighted by Gasteiger charge is -2.13. The van der Waals surface area contributed by atoms with E-state index >= 15 is 0 Å². The predicted octanol–water partition coefficient (Wildman–Crippen LogP) is 3.60. The number of nitrogens with one attached hydrogen (secondary N) is 2. The van der Waals surface area contributed by atoms with Crippen LogP contribution in [0.1, 0.15) is 53.9 Å². The summed E-state index contributed by atoms with van der Waals surface area (Å²) in [4.78, 5) is 37.8. The fourth-order valence-electron chi connectivity index (χ4n) is 5.10. The van der Waals surface area contributed by atoms with E-state index in [1.165, 1.54) is 0 Å². The first-order chi connectivity index (χ1) is 20.7. The molecule has 12 nitrogen and oxygen atoms in total. The van der Waals surface area contributed by atoms with Gasteiger partial charge in [-0.3, -0.25) is 9.59 Å². The molecule has 12 heteroatoms. The van der Waals surface area contributed by atoms with Gasteiger partial charge in [0, 0.05) is 40.0 Å². The number of carbonyl (C=O) groups excluding carboxylic acids is 2. The van der Waals surface area contributed by atoms with Gasteiger partial charge in [-0.25, -0.2) is 9.97 Å². The van der Waals surface area contributed by atoms with Crippen LogP contribution in [0.4, 0.5) is 23.3 Å². The maximum atomic E-state index is 12.5. The molecule has 4 aromatic heterocycles. The summed E-state index contributed by atoms with van der Waals surface area (Å²) >= 11 is 0. The molecule has 0 bridgehead atoms. The van der Waals surface area contributed by atoms with E-state index in [9.17, 15) is 9.59 Å². The largest absolute Gasteiger partial charge is 0.363 e. The van der Waals surface area contributed by atoms with E-state index in [-0.39, 0.29) is 36.5 Å². The maximum Gasteiger partial charge on any atom is 0.231 e. The number of carbonyl (C=O) groups is 2. The first-order valence-corrected chi connectivity index (χ1v) is 14.3. The molecule has 4 aromatic rings. The van der Waals surface area contributed by atoms with Crippen molar-refractivity contribution in [3.05, 3.63) is 83.4 Å². The normalized spacial score (nSPS) is 16.0. The predicted molar refractivity (Wildman–Crippen MR) is 165 cm³/mol. The lowest BCUT2D eigenvalue weighted by atomic mass is 9.99. The van der Waals surface area contributed by atoms with E-state index in [0.717, 1.165) is 42.3 Å². The van der Waals surface area contributed by atoms with Gasteiger partial charge in [0.2, 0.25) is 11.8 Å². The number of aromatic nitrogens is 6. The van der Waals surface area contributed by atoms with E-state index in [1.807, 2.05) is 86.5 Å². The number of hydrogen-bond donors (Lipinski definition) is 2. The number of amides is 2. The van der Waals surface area contributed by atoms with Crippen LogP contribution in [0.2, 0.25) is 0 Å². The van der Waals surface area contributed by atoms with Crippen molar-refractivity contribution in [3.63, 3.8) is 0 Å². The Bertz CT molecular complexity index is 1440. The Kier molecular flexibility index (Phi) is 9.14. The molecule has 1 aliphatic carbocycles. The molecule has 5 rings (SSSR count). The van der Waals surface area contributed by atoms with Gasteiger partial charge in [0.1, 0.15) is 11.6 Å². The average molecular weight is 581 g/mol. The highest BCUT2D eigenvalue weighted by molar-refractivity contribution is 5.91. The minimum Gasteiger partial charge on any atom is -0.363 e. The summed E-state index contributed by atoms with van der Waals surface area (Å²) < 4.78 is 0. The molecule has 0 unspecified atom stereocenters. The minimum atomic E-state index is -0.195. The topological polar surface area (TPSA) is 142 Å². The molecule has 1 saturated carbocycles. The second kappa shape index (κ2) is 13.3. The number of hydrogen-bond acceptors (Lipinski definition) is 10. The molecule has 0 radical (unpaired) electrons.